The highest BCUT2D eigenvalue weighted by Gasteiger charge is 2.18. The summed E-state index contributed by atoms with van der Waals surface area (Å²) in [5, 5.41) is 0. The van der Waals surface area contributed by atoms with E-state index in [0.717, 1.165) is 56.9 Å². The van der Waals surface area contributed by atoms with Crippen LogP contribution in [0.1, 0.15) is 17.7 Å². The minimum absolute atomic E-state index is 0.0165. The normalized spacial score (nSPS) is 15.5. The number of rotatable bonds is 7. The second kappa shape index (κ2) is 9.33. The van der Waals surface area contributed by atoms with Crippen molar-refractivity contribution in [2.45, 2.75) is 26.4 Å². The van der Waals surface area contributed by atoms with E-state index in [-0.39, 0.29) is 5.56 Å². The number of methoxy groups -OCH3 is 1. The van der Waals surface area contributed by atoms with Gasteiger partial charge in [-0.15, -0.1) is 0 Å². The summed E-state index contributed by atoms with van der Waals surface area (Å²) in [5.41, 5.74) is 4.15. The summed E-state index contributed by atoms with van der Waals surface area (Å²) in [4.78, 5) is 27.3. The molecule has 0 saturated carbocycles. The van der Waals surface area contributed by atoms with Gasteiger partial charge in [-0.25, -0.2) is 4.98 Å². The van der Waals surface area contributed by atoms with E-state index in [1.54, 1.807) is 23.9 Å². The van der Waals surface area contributed by atoms with Gasteiger partial charge in [0.05, 0.1) is 18.3 Å². The van der Waals surface area contributed by atoms with Crippen LogP contribution in [0.3, 0.4) is 0 Å². The fourth-order valence-electron chi connectivity index (χ4n) is 4.71. The van der Waals surface area contributed by atoms with E-state index in [4.69, 9.17) is 4.74 Å². The van der Waals surface area contributed by atoms with Crippen LogP contribution in [0, 0.1) is 6.92 Å². The molecule has 0 unspecified atom stereocenters. The van der Waals surface area contributed by atoms with Gasteiger partial charge < -0.3 is 14.2 Å². The van der Waals surface area contributed by atoms with Gasteiger partial charge in [-0.3, -0.25) is 14.1 Å². The summed E-state index contributed by atoms with van der Waals surface area (Å²) in [6, 6.07) is 14.4. The van der Waals surface area contributed by atoms with Gasteiger partial charge >= 0.3 is 0 Å². The van der Waals surface area contributed by atoms with Crippen LogP contribution < -0.4 is 10.3 Å². The Morgan fingerprint density at radius 1 is 0.970 bits per heavy atom. The van der Waals surface area contributed by atoms with Crippen LogP contribution in [0.2, 0.25) is 0 Å². The van der Waals surface area contributed by atoms with Crippen molar-refractivity contribution in [2.75, 3.05) is 39.8 Å². The lowest BCUT2D eigenvalue weighted by Crippen LogP contribution is -2.46. The van der Waals surface area contributed by atoms with Crippen molar-refractivity contribution in [1.82, 2.24) is 28.7 Å². The summed E-state index contributed by atoms with van der Waals surface area (Å²) in [6.07, 6.45) is 2.57. The summed E-state index contributed by atoms with van der Waals surface area (Å²) >= 11 is 0. The van der Waals surface area contributed by atoms with Gasteiger partial charge in [0.25, 0.3) is 5.56 Å². The van der Waals surface area contributed by atoms with Gasteiger partial charge in [-0.1, -0.05) is 30.3 Å². The Balaban J connectivity index is 1.27. The smallest absolute Gasteiger partial charge is 0.277 e. The topological polar surface area (TPSA) is 67.9 Å². The predicted molar refractivity (Wildman–Crippen MR) is 129 cm³/mol. The van der Waals surface area contributed by atoms with Gasteiger partial charge in [0.1, 0.15) is 11.8 Å². The number of ether oxygens (including phenoxy) is 1. The monoisotopic (exact) mass is 446 g/mol. The molecule has 172 valence electrons. The zero-order valence-corrected chi connectivity index (χ0v) is 19.3. The minimum Gasteiger partial charge on any atom is -0.481 e. The van der Waals surface area contributed by atoms with Crippen molar-refractivity contribution in [3.05, 3.63) is 70.4 Å². The number of benzene rings is 1. The number of hydrogen-bond donors (Lipinski definition) is 0. The molecule has 3 aromatic heterocycles. The summed E-state index contributed by atoms with van der Waals surface area (Å²) < 4.78 is 8.93. The van der Waals surface area contributed by atoms with E-state index in [1.165, 1.54) is 5.56 Å². The Morgan fingerprint density at radius 2 is 1.73 bits per heavy atom. The molecule has 1 aliphatic rings. The third-order valence-electron chi connectivity index (χ3n) is 6.53. The maximum absolute atomic E-state index is 13.3. The third-order valence-corrected chi connectivity index (χ3v) is 6.53. The highest BCUT2D eigenvalue weighted by atomic mass is 16.5. The Morgan fingerprint density at radius 3 is 2.48 bits per heavy atom. The molecule has 1 aliphatic heterocycles. The molecule has 1 fully saturated rings. The molecule has 5 rings (SSSR count). The van der Waals surface area contributed by atoms with Gasteiger partial charge in [-0.05, 0) is 31.5 Å². The predicted octanol–water partition coefficient (Wildman–Crippen LogP) is 2.57. The molecular formula is C25H30N6O2. The Bertz CT molecular complexity index is 1310. The summed E-state index contributed by atoms with van der Waals surface area (Å²) in [7, 11) is 1.60. The molecule has 0 spiro atoms. The quantitative estimate of drug-likeness (QED) is 0.435. The van der Waals surface area contributed by atoms with Crippen LogP contribution in [0.4, 0.5) is 0 Å². The van der Waals surface area contributed by atoms with Crippen LogP contribution in [0.15, 0.2) is 53.6 Å². The first-order valence-electron chi connectivity index (χ1n) is 11.5. The summed E-state index contributed by atoms with van der Waals surface area (Å²) in [6.45, 7) is 8.75. The van der Waals surface area contributed by atoms with E-state index in [0.29, 0.717) is 23.6 Å². The molecule has 1 saturated heterocycles. The van der Waals surface area contributed by atoms with E-state index in [2.05, 4.69) is 50.1 Å². The number of nitrogens with zero attached hydrogens (tertiary/aromatic N) is 6. The SMILES string of the molecule is COc1ccc2c(n1)n1cnc(C)c1c(=O)n2CCCN1CCN(Cc2ccccc2)CC1. The molecule has 0 N–H and O–H groups in total. The molecule has 0 bridgehead atoms. The van der Waals surface area contributed by atoms with E-state index in [1.807, 2.05) is 17.6 Å². The molecule has 0 aliphatic carbocycles. The Labute approximate surface area is 193 Å². The van der Waals surface area contributed by atoms with Crippen LogP contribution in [0.5, 0.6) is 5.88 Å². The number of aryl methyl sites for hydroxylation is 2. The molecule has 0 atom stereocenters. The lowest BCUT2D eigenvalue weighted by Gasteiger charge is -2.34. The lowest BCUT2D eigenvalue weighted by atomic mass is 10.2. The Hall–Kier alpha value is -3.23. The molecule has 4 aromatic rings. The molecule has 1 aromatic carbocycles. The molecule has 8 heteroatoms. The standard InChI is InChI=1S/C25H30N6O2/c1-19-23-25(32)30(21-9-10-22(33-2)27-24(21)31(23)18-26-19)12-6-11-28-13-15-29(16-14-28)17-20-7-4-3-5-8-20/h3-5,7-10,18H,6,11-17H2,1-2H3. The van der Waals surface area contributed by atoms with Crippen molar-refractivity contribution >= 4 is 16.7 Å². The third kappa shape index (κ3) is 4.36. The first-order chi connectivity index (χ1) is 16.1. The number of piperazine rings is 1. The van der Waals surface area contributed by atoms with Crippen molar-refractivity contribution in [3.8, 4) is 5.88 Å². The number of pyridine rings is 1. The fraction of sp³-hybridized carbons (Fsp3) is 0.400. The Kier molecular flexibility index (Phi) is 6.11. The zero-order valence-electron chi connectivity index (χ0n) is 19.3. The van der Waals surface area contributed by atoms with Crippen molar-refractivity contribution < 1.29 is 4.74 Å². The largest absolute Gasteiger partial charge is 0.481 e. The highest BCUT2D eigenvalue weighted by molar-refractivity contribution is 5.76. The van der Waals surface area contributed by atoms with Crippen LogP contribution in [0.25, 0.3) is 16.7 Å². The molecule has 4 heterocycles. The molecule has 0 radical (unpaired) electrons. The van der Waals surface area contributed by atoms with Crippen LogP contribution >= 0.6 is 0 Å². The minimum atomic E-state index is -0.0165. The second-order valence-electron chi connectivity index (χ2n) is 8.66. The second-order valence-corrected chi connectivity index (χ2v) is 8.66. The zero-order chi connectivity index (χ0) is 22.8. The van der Waals surface area contributed by atoms with Gasteiger partial charge in [0.15, 0.2) is 5.65 Å². The molecule has 0 amide bonds. The number of hydrogen-bond acceptors (Lipinski definition) is 6. The van der Waals surface area contributed by atoms with E-state index < -0.39 is 0 Å². The number of fused-ring (bicyclic) bond motifs is 3. The first-order valence-corrected chi connectivity index (χ1v) is 11.5. The number of aromatic nitrogens is 4. The average Bonchev–Trinajstić information content (AvgIpc) is 3.24. The van der Waals surface area contributed by atoms with Gasteiger partial charge in [0.2, 0.25) is 5.88 Å². The van der Waals surface area contributed by atoms with E-state index in [9.17, 15) is 4.79 Å². The fourth-order valence-corrected chi connectivity index (χ4v) is 4.71. The van der Waals surface area contributed by atoms with Crippen LogP contribution in [-0.2, 0) is 13.1 Å². The molecular weight excluding hydrogens is 416 g/mol. The maximum atomic E-state index is 13.3. The average molecular weight is 447 g/mol. The van der Waals surface area contributed by atoms with Crippen molar-refractivity contribution in [3.63, 3.8) is 0 Å². The highest BCUT2D eigenvalue weighted by Crippen LogP contribution is 2.19. The van der Waals surface area contributed by atoms with Crippen molar-refractivity contribution in [1.29, 1.82) is 0 Å². The maximum Gasteiger partial charge on any atom is 0.277 e. The van der Waals surface area contributed by atoms with E-state index >= 15 is 0 Å². The van der Waals surface area contributed by atoms with Crippen LogP contribution in [-0.4, -0.2) is 68.6 Å². The van der Waals surface area contributed by atoms with Gasteiger partial charge in [0, 0.05) is 45.3 Å². The van der Waals surface area contributed by atoms with Crippen molar-refractivity contribution in [2.24, 2.45) is 0 Å². The lowest BCUT2D eigenvalue weighted by molar-refractivity contribution is 0.125. The molecule has 8 nitrogen and oxygen atoms in total. The first kappa shape index (κ1) is 21.6. The van der Waals surface area contributed by atoms with Gasteiger partial charge in [-0.2, -0.15) is 4.98 Å². The number of imidazole rings is 1. The summed E-state index contributed by atoms with van der Waals surface area (Å²) in [5.74, 6) is 0.522. The molecule has 33 heavy (non-hydrogen) atoms.